The van der Waals surface area contributed by atoms with Crippen molar-refractivity contribution in [2.45, 2.75) is 13.3 Å². The summed E-state index contributed by atoms with van der Waals surface area (Å²) in [7, 11) is 0. The summed E-state index contributed by atoms with van der Waals surface area (Å²) < 4.78 is 25.8. The van der Waals surface area contributed by atoms with Gasteiger partial charge in [0.1, 0.15) is 6.33 Å². The van der Waals surface area contributed by atoms with Gasteiger partial charge >= 0.3 is 0 Å². The highest BCUT2D eigenvalue weighted by Gasteiger charge is 2.14. The third-order valence-corrected chi connectivity index (χ3v) is 2.36. The Kier molecular flexibility index (Phi) is 2.87. The summed E-state index contributed by atoms with van der Waals surface area (Å²) in [5.74, 6) is -0.503. The zero-order valence-electron chi connectivity index (χ0n) is 8.36. The van der Waals surface area contributed by atoms with E-state index in [1.54, 1.807) is 12.1 Å². The van der Waals surface area contributed by atoms with Crippen molar-refractivity contribution in [1.82, 2.24) is 14.8 Å². The lowest BCUT2D eigenvalue weighted by Gasteiger charge is -2.03. The largest absolute Gasteiger partial charge is 0.299 e. The van der Waals surface area contributed by atoms with Crippen LogP contribution in [0.1, 0.15) is 17.8 Å². The van der Waals surface area contributed by atoms with Crippen molar-refractivity contribution < 1.29 is 8.78 Å². The van der Waals surface area contributed by atoms with Crippen molar-refractivity contribution >= 4 is 11.6 Å². The second-order valence-electron chi connectivity index (χ2n) is 3.30. The van der Waals surface area contributed by atoms with Crippen LogP contribution >= 0.6 is 11.6 Å². The summed E-state index contributed by atoms with van der Waals surface area (Å²) >= 11 is 5.98. The van der Waals surface area contributed by atoms with Gasteiger partial charge < -0.3 is 0 Å². The van der Waals surface area contributed by atoms with Crippen LogP contribution in [0.3, 0.4) is 0 Å². The lowest BCUT2D eigenvalue weighted by molar-refractivity contribution is 0.140. The van der Waals surface area contributed by atoms with Gasteiger partial charge in [0.2, 0.25) is 5.82 Å². The summed E-state index contributed by atoms with van der Waals surface area (Å²) in [5.41, 5.74) is 1.52. The van der Waals surface area contributed by atoms with Gasteiger partial charge in [-0.1, -0.05) is 17.7 Å². The van der Waals surface area contributed by atoms with Crippen molar-refractivity contribution in [1.29, 1.82) is 0 Å². The first-order valence-electron chi connectivity index (χ1n) is 4.54. The molecule has 0 aliphatic heterocycles. The molecule has 0 atom stereocenters. The first kappa shape index (κ1) is 11.0. The molecular weight excluding hydrogens is 236 g/mol. The number of rotatable bonds is 2. The maximum atomic E-state index is 12.3. The standard InChI is InChI=1S/C10H8ClF2N3/c1-6-2-3-8(7(11)4-6)16-5-14-10(15-16)9(12)13/h2-5,9H,1H3. The van der Waals surface area contributed by atoms with Crippen LogP contribution in [0.25, 0.3) is 5.69 Å². The van der Waals surface area contributed by atoms with E-state index in [1.165, 1.54) is 11.0 Å². The van der Waals surface area contributed by atoms with Crippen LogP contribution < -0.4 is 0 Å². The van der Waals surface area contributed by atoms with E-state index in [0.717, 1.165) is 5.56 Å². The molecule has 1 aromatic heterocycles. The smallest absolute Gasteiger partial charge is 0.219 e. The number of aryl methyl sites for hydroxylation is 1. The topological polar surface area (TPSA) is 30.7 Å². The van der Waals surface area contributed by atoms with Crippen LogP contribution in [0.4, 0.5) is 8.78 Å². The fraction of sp³-hybridized carbons (Fsp3) is 0.200. The van der Waals surface area contributed by atoms with Crippen LogP contribution in [0.5, 0.6) is 0 Å². The van der Waals surface area contributed by atoms with E-state index in [9.17, 15) is 8.78 Å². The average Bonchev–Trinajstić information content (AvgIpc) is 2.66. The predicted molar refractivity (Wildman–Crippen MR) is 56.1 cm³/mol. The molecule has 0 radical (unpaired) electrons. The quantitative estimate of drug-likeness (QED) is 0.811. The molecule has 0 unspecified atom stereocenters. The molecule has 2 rings (SSSR count). The van der Waals surface area contributed by atoms with Gasteiger partial charge in [0, 0.05) is 0 Å². The van der Waals surface area contributed by atoms with E-state index in [2.05, 4.69) is 10.1 Å². The Morgan fingerprint density at radius 2 is 2.12 bits per heavy atom. The fourth-order valence-electron chi connectivity index (χ4n) is 1.29. The van der Waals surface area contributed by atoms with Crippen LogP contribution in [-0.2, 0) is 0 Å². The van der Waals surface area contributed by atoms with Gasteiger partial charge in [0.15, 0.2) is 0 Å². The van der Waals surface area contributed by atoms with Gasteiger partial charge in [0.05, 0.1) is 10.7 Å². The lowest BCUT2D eigenvalue weighted by Crippen LogP contribution is -1.97. The molecule has 0 amide bonds. The number of nitrogens with zero attached hydrogens (tertiary/aromatic N) is 3. The van der Waals surface area contributed by atoms with Crippen molar-refractivity contribution in [3.05, 3.63) is 40.9 Å². The minimum absolute atomic E-state index is 0.450. The maximum absolute atomic E-state index is 12.3. The molecule has 0 spiro atoms. The Labute approximate surface area is 95.7 Å². The number of hydrogen-bond donors (Lipinski definition) is 0. The van der Waals surface area contributed by atoms with E-state index in [0.29, 0.717) is 10.7 Å². The molecule has 0 saturated carbocycles. The van der Waals surface area contributed by atoms with E-state index in [-0.39, 0.29) is 0 Å². The highest BCUT2D eigenvalue weighted by Crippen LogP contribution is 2.22. The third kappa shape index (κ3) is 2.04. The Hall–Kier alpha value is -1.49. The Morgan fingerprint density at radius 1 is 1.38 bits per heavy atom. The predicted octanol–water partition coefficient (Wildman–Crippen LogP) is 3.17. The van der Waals surface area contributed by atoms with Crippen LogP contribution in [0, 0.1) is 6.92 Å². The van der Waals surface area contributed by atoms with E-state index >= 15 is 0 Å². The van der Waals surface area contributed by atoms with Crippen LogP contribution in [0.2, 0.25) is 5.02 Å². The molecule has 1 heterocycles. The molecule has 0 aliphatic carbocycles. The molecule has 2 aromatic rings. The molecule has 0 bridgehead atoms. The zero-order chi connectivity index (χ0) is 11.7. The highest BCUT2D eigenvalue weighted by molar-refractivity contribution is 6.32. The molecular formula is C10H8ClF2N3. The fourth-order valence-corrected chi connectivity index (χ4v) is 1.61. The molecule has 0 fully saturated rings. The Bertz CT molecular complexity index is 511. The van der Waals surface area contributed by atoms with Crippen molar-refractivity contribution in [2.24, 2.45) is 0 Å². The van der Waals surface area contributed by atoms with Crippen molar-refractivity contribution in [2.75, 3.05) is 0 Å². The Balaban J connectivity index is 2.42. The van der Waals surface area contributed by atoms with E-state index < -0.39 is 12.2 Å². The SMILES string of the molecule is Cc1ccc(-n2cnc(C(F)F)n2)c(Cl)c1. The van der Waals surface area contributed by atoms with Gasteiger partial charge in [-0.15, -0.1) is 5.10 Å². The summed E-state index contributed by atoms with van der Waals surface area (Å²) in [6.07, 6.45) is -1.46. The minimum Gasteiger partial charge on any atom is -0.219 e. The highest BCUT2D eigenvalue weighted by atomic mass is 35.5. The van der Waals surface area contributed by atoms with Gasteiger partial charge in [-0.25, -0.2) is 18.4 Å². The molecule has 0 N–H and O–H groups in total. The molecule has 16 heavy (non-hydrogen) atoms. The van der Waals surface area contributed by atoms with Crippen molar-refractivity contribution in [3.63, 3.8) is 0 Å². The number of benzene rings is 1. The second kappa shape index (κ2) is 4.17. The molecule has 6 heteroatoms. The normalized spacial score (nSPS) is 11.1. The summed E-state index contributed by atoms with van der Waals surface area (Å²) in [5, 5.41) is 4.09. The van der Waals surface area contributed by atoms with Gasteiger partial charge in [-0.3, -0.25) is 0 Å². The zero-order valence-corrected chi connectivity index (χ0v) is 9.12. The average molecular weight is 244 g/mol. The van der Waals surface area contributed by atoms with E-state index in [1.807, 2.05) is 13.0 Å². The summed E-state index contributed by atoms with van der Waals surface area (Å²) in [6.45, 7) is 1.89. The number of hydrogen-bond acceptors (Lipinski definition) is 2. The first-order chi connectivity index (χ1) is 7.58. The Morgan fingerprint density at radius 3 is 2.69 bits per heavy atom. The van der Waals surface area contributed by atoms with Gasteiger partial charge in [0.25, 0.3) is 6.43 Å². The number of alkyl halides is 2. The van der Waals surface area contributed by atoms with Crippen LogP contribution in [-0.4, -0.2) is 14.8 Å². The minimum atomic E-state index is -2.68. The van der Waals surface area contributed by atoms with Crippen LogP contribution in [0.15, 0.2) is 24.5 Å². The molecule has 0 aliphatic rings. The lowest BCUT2D eigenvalue weighted by atomic mass is 10.2. The molecule has 3 nitrogen and oxygen atoms in total. The number of halogens is 3. The number of aromatic nitrogens is 3. The maximum Gasteiger partial charge on any atom is 0.299 e. The monoisotopic (exact) mass is 243 g/mol. The van der Waals surface area contributed by atoms with E-state index in [4.69, 9.17) is 11.6 Å². The van der Waals surface area contributed by atoms with Gasteiger partial charge in [-0.2, -0.15) is 0 Å². The summed E-state index contributed by atoms with van der Waals surface area (Å²) in [6, 6.07) is 5.27. The van der Waals surface area contributed by atoms with Gasteiger partial charge in [-0.05, 0) is 24.6 Å². The first-order valence-corrected chi connectivity index (χ1v) is 4.92. The van der Waals surface area contributed by atoms with Crippen molar-refractivity contribution in [3.8, 4) is 5.69 Å². The second-order valence-corrected chi connectivity index (χ2v) is 3.71. The third-order valence-electron chi connectivity index (χ3n) is 2.05. The summed E-state index contributed by atoms with van der Waals surface area (Å²) in [4.78, 5) is 3.50. The molecule has 84 valence electrons. The molecule has 0 saturated heterocycles. The molecule has 1 aromatic carbocycles.